The summed E-state index contributed by atoms with van der Waals surface area (Å²) in [5.41, 5.74) is 2.70. The van der Waals surface area contributed by atoms with E-state index < -0.39 is 12.0 Å². The third-order valence-electron chi connectivity index (χ3n) is 8.46. The minimum atomic E-state index is -0.632. The molecule has 0 radical (unpaired) electrons. The molecule has 8 heteroatoms. The van der Waals surface area contributed by atoms with E-state index in [1.807, 2.05) is 79.7 Å². The molecule has 42 heavy (non-hydrogen) atoms. The lowest BCUT2D eigenvalue weighted by Crippen LogP contribution is -2.65. The summed E-state index contributed by atoms with van der Waals surface area (Å²) in [4.78, 5) is 41.3. The Labute approximate surface area is 247 Å². The molecule has 8 nitrogen and oxygen atoms in total. The van der Waals surface area contributed by atoms with Crippen LogP contribution in [0.2, 0.25) is 0 Å². The van der Waals surface area contributed by atoms with Gasteiger partial charge in [0.05, 0.1) is 18.7 Å². The lowest BCUT2D eigenvalue weighted by molar-refractivity contribution is -0.938. The second-order valence-corrected chi connectivity index (χ2v) is 11.7. The minimum Gasteiger partial charge on any atom is -0.461 e. The predicted octanol–water partition coefficient (Wildman–Crippen LogP) is 4.59. The van der Waals surface area contributed by atoms with Crippen LogP contribution in [0.1, 0.15) is 45.2 Å². The van der Waals surface area contributed by atoms with Crippen molar-refractivity contribution in [2.45, 2.75) is 25.0 Å². The number of likely N-dealkylation sites (N-methyl/N-ethyl adjacent to an activating group) is 1. The first-order chi connectivity index (χ1) is 20.3. The van der Waals surface area contributed by atoms with E-state index in [4.69, 9.17) is 9.47 Å². The summed E-state index contributed by atoms with van der Waals surface area (Å²) in [7, 11) is 3.84. The van der Waals surface area contributed by atoms with Gasteiger partial charge in [0.1, 0.15) is 19.7 Å². The third-order valence-corrected chi connectivity index (χ3v) is 8.46. The first-order valence-corrected chi connectivity index (χ1v) is 14.7. The van der Waals surface area contributed by atoms with Crippen molar-refractivity contribution in [3.05, 3.63) is 102 Å². The maximum absolute atomic E-state index is 13.6. The fourth-order valence-corrected chi connectivity index (χ4v) is 6.01. The molecule has 0 spiro atoms. The molecule has 3 fully saturated rings. The largest absolute Gasteiger partial charge is 0.461 e. The van der Waals surface area contributed by atoms with E-state index in [-0.39, 0.29) is 17.9 Å². The van der Waals surface area contributed by atoms with E-state index in [1.54, 1.807) is 24.3 Å². The number of hydrogen-bond donors (Lipinski definition) is 1. The number of carbonyl (C=O) groups is 3. The SMILES string of the molecule is CN(C)CCOC(=O)c1ccc(C(=O)C[N+]23CCC(CC2)[C@@H](OC(=O)[C@H](Nc2ccccc2)c2ccccc2)C3)cc1. The molecule has 6 rings (SSSR count). The number of esters is 2. The Morgan fingerprint density at radius 3 is 2.14 bits per heavy atom. The molecule has 3 saturated heterocycles. The van der Waals surface area contributed by atoms with Crippen molar-refractivity contribution in [3.63, 3.8) is 0 Å². The Morgan fingerprint density at radius 1 is 0.881 bits per heavy atom. The van der Waals surface area contributed by atoms with Crippen molar-refractivity contribution >= 4 is 23.4 Å². The zero-order chi connectivity index (χ0) is 29.5. The molecule has 1 N–H and O–H groups in total. The number of nitrogens with zero attached hydrogens (tertiary/aromatic N) is 2. The van der Waals surface area contributed by atoms with E-state index in [0.717, 1.165) is 37.2 Å². The maximum atomic E-state index is 13.6. The first kappa shape index (κ1) is 29.5. The van der Waals surface area contributed by atoms with Crippen molar-refractivity contribution in [2.24, 2.45) is 5.92 Å². The van der Waals surface area contributed by atoms with Crippen LogP contribution in [0, 0.1) is 5.92 Å². The second-order valence-electron chi connectivity index (χ2n) is 11.7. The van der Waals surface area contributed by atoms with E-state index in [2.05, 4.69) is 5.32 Å². The van der Waals surface area contributed by atoms with Crippen molar-refractivity contribution in [1.82, 2.24) is 4.90 Å². The Morgan fingerprint density at radius 2 is 1.50 bits per heavy atom. The molecular formula is C34H40N3O5+. The van der Waals surface area contributed by atoms with Gasteiger partial charge in [0.25, 0.3) is 0 Å². The van der Waals surface area contributed by atoms with E-state index >= 15 is 0 Å². The molecule has 0 saturated carbocycles. The molecule has 2 bridgehead atoms. The number of anilines is 1. The molecule has 0 aromatic heterocycles. The minimum absolute atomic E-state index is 0.0286. The number of ketones is 1. The van der Waals surface area contributed by atoms with Gasteiger partial charge in [0.15, 0.2) is 12.1 Å². The standard InChI is InChI=1S/C34H40N3O5/c1-36(2)19-22-41-33(39)28-15-13-25(14-16-28)30(38)23-37-20-17-26(18-21-37)31(24-37)42-34(40)32(27-9-5-3-6-10-27)35-29-11-7-4-8-12-29/h3-16,26,31-32,35H,17-24H2,1-2H3/q+1/t26?,31-,32+,37?/m0/s1. The quantitative estimate of drug-likeness (QED) is 0.194. The average Bonchev–Trinajstić information content (AvgIpc) is 3.01. The van der Waals surface area contributed by atoms with Crippen LogP contribution in [0.5, 0.6) is 0 Å². The number of carbonyl (C=O) groups excluding carboxylic acids is 3. The Kier molecular flexibility index (Phi) is 9.35. The highest BCUT2D eigenvalue weighted by atomic mass is 16.5. The number of ether oxygens (including phenoxy) is 2. The molecule has 3 aromatic carbocycles. The number of nitrogens with one attached hydrogen (secondary N) is 1. The summed E-state index contributed by atoms with van der Waals surface area (Å²) in [5, 5.41) is 3.35. The maximum Gasteiger partial charge on any atom is 0.338 e. The lowest BCUT2D eigenvalue weighted by Gasteiger charge is -2.51. The van der Waals surface area contributed by atoms with Crippen molar-refractivity contribution < 1.29 is 28.3 Å². The predicted molar refractivity (Wildman–Crippen MR) is 161 cm³/mol. The van der Waals surface area contributed by atoms with Gasteiger partial charge in [0.2, 0.25) is 5.78 Å². The first-order valence-electron chi connectivity index (χ1n) is 14.7. The van der Waals surface area contributed by atoms with Crippen LogP contribution in [-0.4, -0.2) is 86.6 Å². The van der Waals surface area contributed by atoms with E-state index in [9.17, 15) is 14.4 Å². The normalized spacial score (nSPS) is 21.9. The number of hydrogen-bond acceptors (Lipinski definition) is 7. The van der Waals surface area contributed by atoms with Gasteiger partial charge in [0, 0.05) is 36.6 Å². The summed E-state index contributed by atoms with van der Waals surface area (Å²) >= 11 is 0. The summed E-state index contributed by atoms with van der Waals surface area (Å²) < 4.78 is 12.2. The number of rotatable bonds is 12. The average molecular weight is 571 g/mol. The number of Topliss-reactive ketones (excluding diaryl/α,β-unsaturated/α-hetero) is 1. The van der Waals surface area contributed by atoms with Crippen LogP contribution in [-0.2, 0) is 14.3 Å². The molecule has 0 amide bonds. The Hall–Kier alpha value is -4.01. The topological polar surface area (TPSA) is 84.9 Å². The number of fused-ring (bicyclic) bond motifs is 3. The van der Waals surface area contributed by atoms with Gasteiger partial charge in [-0.15, -0.1) is 0 Å². The fraction of sp³-hybridized carbons (Fsp3) is 0.382. The Bertz CT molecular complexity index is 1350. The van der Waals surface area contributed by atoms with Crippen LogP contribution >= 0.6 is 0 Å². The zero-order valence-corrected chi connectivity index (χ0v) is 24.4. The fourth-order valence-electron chi connectivity index (χ4n) is 6.01. The number of para-hydroxylation sites is 1. The highest BCUT2D eigenvalue weighted by Crippen LogP contribution is 2.37. The van der Waals surface area contributed by atoms with Crippen LogP contribution in [0.3, 0.4) is 0 Å². The monoisotopic (exact) mass is 570 g/mol. The van der Waals surface area contributed by atoms with Gasteiger partial charge in [-0.25, -0.2) is 9.59 Å². The van der Waals surface area contributed by atoms with Crippen molar-refractivity contribution in [2.75, 3.05) is 58.7 Å². The molecule has 3 aromatic rings. The molecule has 3 heterocycles. The molecule has 0 unspecified atom stereocenters. The van der Waals surface area contributed by atoms with E-state index in [1.165, 1.54) is 0 Å². The smallest absolute Gasteiger partial charge is 0.338 e. The Balaban J connectivity index is 1.22. The van der Waals surface area contributed by atoms with E-state index in [0.29, 0.717) is 47.8 Å². The molecule has 3 aliphatic heterocycles. The summed E-state index contributed by atoms with van der Waals surface area (Å²) in [6, 6.07) is 25.4. The van der Waals surface area contributed by atoms with Gasteiger partial charge in [-0.05, 0) is 43.9 Å². The second kappa shape index (κ2) is 13.3. The number of piperidine rings is 3. The van der Waals surface area contributed by atoms with Crippen LogP contribution in [0.25, 0.3) is 0 Å². The van der Waals surface area contributed by atoms with Gasteiger partial charge in [-0.3, -0.25) is 4.79 Å². The van der Waals surface area contributed by atoms with Crippen LogP contribution in [0.4, 0.5) is 5.69 Å². The zero-order valence-electron chi connectivity index (χ0n) is 24.4. The molecule has 220 valence electrons. The molecule has 3 aliphatic rings. The molecule has 2 atom stereocenters. The van der Waals surface area contributed by atoms with Gasteiger partial charge < -0.3 is 24.2 Å². The van der Waals surface area contributed by atoms with Gasteiger partial charge in [-0.1, -0.05) is 60.7 Å². The number of quaternary nitrogens is 1. The van der Waals surface area contributed by atoms with Crippen LogP contribution < -0.4 is 5.32 Å². The highest BCUT2D eigenvalue weighted by molar-refractivity contribution is 5.98. The van der Waals surface area contributed by atoms with Crippen LogP contribution in [0.15, 0.2) is 84.9 Å². The van der Waals surface area contributed by atoms with Crippen molar-refractivity contribution in [3.8, 4) is 0 Å². The molecule has 0 aliphatic carbocycles. The summed E-state index contributed by atoms with van der Waals surface area (Å²) in [5.74, 6) is -0.367. The highest BCUT2D eigenvalue weighted by Gasteiger charge is 2.49. The number of benzene rings is 3. The lowest BCUT2D eigenvalue weighted by atomic mass is 9.82. The van der Waals surface area contributed by atoms with Gasteiger partial charge in [-0.2, -0.15) is 0 Å². The summed E-state index contributed by atoms with van der Waals surface area (Å²) in [6.45, 7) is 3.73. The van der Waals surface area contributed by atoms with Crippen molar-refractivity contribution in [1.29, 1.82) is 0 Å². The summed E-state index contributed by atoms with van der Waals surface area (Å²) in [6.07, 6.45) is 1.60. The third kappa shape index (κ3) is 7.24. The molecular weight excluding hydrogens is 530 g/mol. The van der Waals surface area contributed by atoms with Gasteiger partial charge >= 0.3 is 11.9 Å².